The molecule has 0 saturated heterocycles. The molecule has 3 rings (SSSR count). The summed E-state index contributed by atoms with van der Waals surface area (Å²) >= 11 is 6.17. The third kappa shape index (κ3) is 3.10. The maximum atomic E-state index is 12.8. The summed E-state index contributed by atoms with van der Waals surface area (Å²) in [4.78, 5) is 26.3. The van der Waals surface area contributed by atoms with Crippen LogP contribution in [0.5, 0.6) is 11.5 Å². The lowest BCUT2D eigenvalue weighted by Gasteiger charge is -2.15. The minimum atomic E-state index is -0.541. The van der Waals surface area contributed by atoms with Gasteiger partial charge in [0.1, 0.15) is 16.5 Å². The van der Waals surface area contributed by atoms with Crippen LogP contribution in [0.25, 0.3) is 5.57 Å². The molecule has 0 bridgehead atoms. The van der Waals surface area contributed by atoms with Gasteiger partial charge in [-0.2, -0.15) is 0 Å². The van der Waals surface area contributed by atoms with E-state index in [1.807, 2.05) is 6.92 Å². The smallest absolute Gasteiger partial charge is 0.277 e. The molecule has 25 heavy (non-hydrogen) atoms. The molecule has 0 aromatic heterocycles. The lowest BCUT2D eigenvalue weighted by atomic mass is 10.1. The standard InChI is InChI=1S/C19H16ClNO4/c1-3-25-15-8-4-12(5-9-15)16-17(20)19(23)21(18(16)22)13-6-10-14(24-2)11-7-13/h4-11H,3H2,1-2H3. The molecule has 0 atom stereocenters. The number of amides is 2. The predicted octanol–water partition coefficient (Wildman–Crippen LogP) is 3.62. The number of methoxy groups -OCH3 is 1. The number of anilines is 1. The van der Waals surface area contributed by atoms with Crippen molar-refractivity contribution in [1.82, 2.24) is 0 Å². The molecule has 2 aromatic carbocycles. The van der Waals surface area contributed by atoms with Crippen molar-refractivity contribution in [1.29, 1.82) is 0 Å². The van der Waals surface area contributed by atoms with E-state index in [9.17, 15) is 9.59 Å². The monoisotopic (exact) mass is 357 g/mol. The number of halogens is 1. The molecule has 2 aromatic rings. The highest BCUT2D eigenvalue weighted by Gasteiger charge is 2.39. The van der Waals surface area contributed by atoms with Gasteiger partial charge in [0.05, 0.1) is 25.0 Å². The van der Waals surface area contributed by atoms with Gasteiger partial charge in [-0.3, -0.25) is 9.59 Å². The van der Waals surface area contributed by atoms with Crippen molar-refractivity contribution in [2.75, 3.05) is 18.6 Å². The molecule has 0 saturated carbocycles. The maximum Gasteiger partial charge on any atom is 0.277 e. The van der Waals surface area contributed by atoms with Crippen molar-refractivity contribution >= 4 is 34.7 Å². The lowest BCUT2D eigenvalue weighted by molar-refractivity contribution is -0.119. The number of ether oxygens (including phenoxy) is 2. The normalized spacial score (nSPS) is 14.3. The lowest BCUT2D eigenvalue weighted by Crippen LogP contribution is -2.31. The molecule has 0 N–H and O–H groups in total. The number of carbonyl (C=O) groups excluding carboxylic acids is 2. The van der Waals surface area contributed by atoms with Crippen LogP contribution in [0.1, 0.15) is 12.5 Å². The Morgan fingerprint density at radius 3 is 2.08 bits per heavy atom. The molecule has 0 spiro atoms. The van der Waals surface area contributed by atoms with E-state index in [0.29, 0.717) is 29.4 Å². The highest BCUT2D eigenvalue weighted by atomic mass is 35.5. The Morgan fingerprint density at radius 1 is 0.920 bits per heavy atom. The summed E-state index contributed by atoms with van der Waals surface area (Å²) in [6.45, 7) is 2.44. The fourth-order valence-corrected chi connectivity index (χ4v) is 2.88. The third-order valence-electron chi connectivity index (χ3n) is 3.81. The van der Waals surface area contributed by atoms with Crippen LogP contribution in [0, 0.1) is 0 Å². The minimum Gasteiger partial charge on any atom is -0.497 e. The zero-order chi connectivity index (χ0) is 18.0. The van der Waals surface area contributed by atoms with Crippen molar-refractivity contribution in [2.24, 2.45) is 0 Å². The Hall–Kier alpha value is -2.79. The van der Waals surface area contributed by atoms with Gasteiger partial charge in [-0.1, -0.05) is 23.7 Å². The number of benzene rings is 2. The molecular formula is C19H16ClNO4. The van der Waals surface area contributed by atoms with Gasteiger partial charge < -0.3 is 9.47 Å². The quantitative estimate of drug-likeness (QED) is 0.767. The highest BCUT2D eigenvalue weighted by Crippen LogP contribution is 2.35. The van der Waals surface area contributed by atoms with Crippen molar-refractivity contribution < 1.29 is 19.1 Å². The first-order chi connectivity index (χ1) is 12.1. The van der Waals surface area contributed by atoms with Gasteiger partial charge in [-0.05, 0) is 48.9 Å². The average molecular weight is 358 g/mol. The zero-order valence-electron chi connectivity index (χ0n) is 13.8. The summed E-state index contributed by atoms with van der Waals surface area (Å²) in [5.41, 5.74) is 1.20. The molecular weight excluding hydrogens is 342 g/mol. The molecule has 5 nitrogen and oxygen atoms in total. The third-order valence-corrected chi connectivity index (χ3v) is 4.16. The van der Waals surface area contributed by atoms with Crippen LogP contribution in [-0.2, 0) is 9.59 Å². The van der Waals surface area contributed by atoms with Gasteiger partial charge in [-0.25, -0.2) is 4.90 Å². The zero-order valence-corrected chi connectivity index (χ0v) is 14.5. The summed E-state index contributed by atoms with van der Waals surface area (Å²) in [5, 5.41) is -0.0926. The number of hydrogen-bond acceptors (Lipinski definition) is 4. The second-order valence-electron chi connectivity index (χ2n) is 5.29. The van der Waals surface area contributed by atoms with Gasteiger partial charge in [0.25, 0.3) is 11.8 Å². The molecule has 1 aliphatic heterocycles. The number of nitrogens with zero attached hydrogens (tertiary/aromatic N) is 1. The maximum absolute atomic E-state index is 12.8. The van der Waals surface area contributed by atoms with Crippen molar-refractivity contribution in [3.8, 4) is 11.5 Å². The summed E-state index contributed by atoms with van der Waals surface area (Å²) in [6, 6.07) is 13.5. The molecule has 0 unspecified atom stereocenters. The second kappa shape index (κ2) is 6.99. The van der Waals surface area contributed by atoms with E-state index in [2.05, 4.69) is 0 Å². The van der Waals surface area contributed by atoms with Gasteiger partial charge in [-0.15, -0.1) is 0 Å². The summed E-state index contributed by atoms with van der Waals surface area (Å²) in [7, 11) is 1.55. The van der Waals surface area contributed by atoms with Crippen molar-refractivity contribution in [2.45, 2.75) is 6.92 Å². The Kier molecular flexibility index (Phi) is 4.76. The van der Waals surface area contributed by atoms with E-state index in [1.165, 1.54) is 0 Å². The van der Waals surface area contributed by atoms with E-state index in [1.54, 1.807) is 55.6 Å². The Morgan fingerprint density at radius 2 is 1.52 bits per heavy atom. The fourth-order valence-electron chi connectivity index (χ4n) is 2.60. The topological polar surface area (TPSA) is 55.8 Å². The van der Waals surface area contributed by atoms with Crippen LogP contribution in [0.3, 0.4) is 0 Å². The van der Waals surface area contributed by atoms with Crippen LogP contribution in [0.15, 0.2) is 53.6 Å². The highest BCUT2D eigenvalue weighted by molar-refractivity contribution is 6.60. The van der Waals surface area contributed by atoms with Crippen LogP contribution >= 0.6 is 11.6 Å². The first kappa shape index (κ1) is 17.0. The Labute approximate surface area is 150 Å². The SMILES string of the molecule is CCOc1ccc(C2=C(Cl)C(=O)N(c3ccc(OC)cc3)C2=O)cc1. The summed E-state index contributed by atoms with van der Waals surface area (Å²) in [6.07, 6.45) is 0. The summed E-state index contributed by atoms with van der Waals surface area (Å²) in [5.74, 6) is 0.324. The first-order valence-electron chi connectivity index (χ1n) is 7.72. The number of hydrogen-bond donors (Lipinski definition) is 0. The van der Waals surface area contributed by atoms with E-state index < -0.39 is 11.8 Å². The number of rotatable bonds is 5. The largest absolute Gasteiger partial charge is 0.497 e. The molecule has 0 aliphatic carbocycles. The van der Waals surface area contributed by atoms with Crippen LogP contribution in [0.2, 0.25) is 0 Å². The summed E-state index contributed by atoms with van der Waals surface area (Å²) < 4.78 is 10.5. The number of carbonyl (C=O) groups is 2. The average Bonchev–Trinajstić information content (AvgIpc) is 2.85. The predicted molar refractivity (Wildman–Crippen MR) is 95.9 cm³/mol. The minimum absolute atomic E-state index is 0.0926. The van der Waals surface area contributed by atoms with Crippen LogP contribution in [-0.4, -0.2) is 25.5 Å². The molecule has 0 radical (unpaired) electrons. The van der Waals surface area contributed by atoms with Gasteiger partial charge >= 0.3 is 0 Å². The molecule has 128 valence electrons. The van der Waals surface area contributed by atoms with Gasteiger partial charge in [0.15, 0.2) is 0 Å². The van der Waals surface area contributed by atoms with E-state index >= 15 is 0 Å². The molecule has 1 heterocycles. The van der Waals surface area contributed by atoms with Crippen molar-refractivity contribution in [3.05, 3.63) is 59.1 Å². The van der Waals surface area contributed by atoms with Gasteiger partial charge in [0.2, 0.25) is 0 Å². The van der Waals surface area contributed by atoms with E-state index in [0.717, 1.165) is 4.90 Å². The number of imide groups is 1. The fraction of sp³-hybridized carbons (Fsp3) is 0.158. The molecule has 2 amide bonds. The van der Waals surface area contributed by atoms with Crippen molar-refractivity contribution in [3.63, 3.8) is 0 Å². The van der Waals surface area contributed by atoms with E-state index in [-0.39, 0.29) is 10.6 Å². The van der Waals surface area contributed by atoms with E-state index in [4.69, 9.17) is 21.1 Å². The Balaban J connectivity index is 1.93. The second-order valence-corrected chi connectivity index (χ2v) is 5.67. The molecule has 6 heteroatoms. The Bertz CT molecular complexity index is 841. The molecule has 1 aliphatic rings. The van der Waals surface area contributed by atoms with Crippen LogP contribution < -0.4 is 14.4 Å². The van der Waals surface area contributed by atoms with Gasteiger partial charge in [0, 0.05) is 0 Å². The molecule has 0 fully saturated rings. The first-order valence-corrected chi connectivity index (χ1v) is 8.10. The van der Waals surface area contributed by atoms with Crippen LogP contribution in [0.4, 0.5) is 5.69 Å².